The zero-order valence-corrected chi connectivity index (χ0v) is 13.8. The third kappa shape index (κ3) is 3.94. The minimum absolute atomic E-state index is 0.431. The number of rotatable bonds is 6. The molecule has 7 heteroatoms. The largest absolute Gasteiger partial charge is 0.462 e. The fourth-order valence-corrected chi connectivity index (χ4v) is 2.98. The highest BCUT2D eigenvalue weighted by Gasteiger charge is 2.21. The first kappa shape index (κ1) is 16.1. The van der Waals surface area contributed by atoms with Crippen LogP contribution in [0.3, 0.4) is 0 Å². The van der Waals surface area contributed by atoms with Gasteiger partial charge in [-0.1, -0.05) is 42.1 Å². The number of nitrogens with two attached hydrogens (primary N) is 1. The van der Waals surface area contributed by atoms with Crippen molar-refractivity contribution in [1.29, 1.82) is 0 Å². The van der Waals surface area contributed by atoms with Gasteiger partial charge in [0.05, 0.1) is 0 Å². The maximum absolute atomic E-state index is 11.7. The zero-order chi connectivity index (χ0) is 16.9. The summed E-state index contributed by atoms with van der Waals surface area (Å²) in [6.07, 6.45) is 3.56. The van der Waals surface area contributed by atoms with E-state index >= 15 is 0 Å². The van der Waals surface area contributed by atoms with Crippen LogP contribution < -0.4 is 5.73 Å². The van der Waals surface area contributed by atoms with Gasteiger partial charge in [-0.15, -0.1) is 5.10 Å². The molecule has 24 heavy (non-hydrogen) atoms. The van der Waals surface area contributed by atoms with Crippen LogP contribution in [-0.4, -0.2) is 21.1 Å². The van der Waals surface area contributed by atoms with Crippen LogP contribution in [-0.2, 0) is 4.79 Å². The second-order valence-electron chi connectivity index (χ2n) is 5.10. The van der Waals surface area contributed by atoms with E-state index in [0.29, 0.717) is 11.0 Å². The number of aryl methyl sites for hydroxylation is 1. The Morgan fingerprint density at radius 1 is 1.25 bits per heavy atom. The van der Waals surface area contributed by atoms with Gasteiger partial charge in [-0.2, -0.15) is 0 Å². The summed E-state index contributed by atoms with van der Waals surface area (Å²) in [6.45, 7) is 1.88. The Kier molecular flexibility index (Phi) is 4.81. The van der Waals surface area contributed by atoms with Crippen molar-refractivity contribution in [3.63, 3.8) is 0 Å². The van der Waals surface area contributed by atoms with Gasteiger partial charge < -0.3 is 10.2 Å². The molecule has 0 aliphatic carbocycles. The molecule has 0 spiro atoms. The molecule has 3 rings (SSSR count). The molecule has 0 radical (unpaired) electrons. The predicted molar refractivity (Wildman–Crippen MR) is 93.0 cm³/mol. The van der Waals surface area contributed by atoms with Crippen LogP contribution in [0.4, 0.5) is 0 Å². The first-order chi connectivity index (χ1) is 11.6. The molecule has 0 aliphatic rings. The number of furan rings is 1. The van der Waals surface area contributed by atoms with Crippen LogP contribution in [0.25, 0.3) is 12.2 Å². The summed E-state index contributed by atoms with van der Waals surface area (Å²) in [7, 11) is 0. The summed E-state index contributed by atoms with van der Waals surface area (Å²) >= 11 is 1.21. The molecule has 0 aliphatic heterocycles. The van der Waals surface area contributed by atoms with Gasteiger partial charge in [0.2, 0.25) is 11.1 Å². The first-order valence-electron chi connectivity index (χ1n) is 7.29. The van der Waals surface area contributed by atoms with Crippen molar-refractivity contribution >= 4 is 29.8 Å². The molecule has 1 atom stereocenters. The van der Waals surface area contributed by atoms with Crippen molar-refractivity contribution in [2.45, 2.75) is 17.3 Å². The molecule has 3 aromatic rings. The molecule has 1 amide bonds. The van der Waals surface area contributed by atoms with Gasteiger partial charge in [0.15, 0.2) is 0 Å². The van der Waals surface area contributed by atoms with Crippen molar-refractivity contribution < 1.29 is 9.21 Å². The number of thioether (sulfide) groups is 1. The second-order valence-corrected chi connectivity index (χ2v) is 6.17. The number of H-pyrrole nitrogens is 1. The Morgan fingerprint density at radius 2 is 2.04 bits per heavy atom. The summed E-state index contributed by atoms with van der Waals surface area (Å²) in [5.74, 6) is 1.72. The molecule has 2 aromatic heterocycles. The highest BCUT2D eigenvalue weighted by atomic mass is 32.2. The van der Waals surface area contributed by atoms with E-state index in [1.807, 2.05) is 49.4 Å². The number of carbonyl (C=O) groups excluding carboxylic acids is 1. The number of hydrogen-bond donors (Lipinski definition) is 2. The Bertz CT molecular complexity index is 854. The molecule has 3 N–H and O–H groups in total. The van der Waals surface area contributed by atoms with Gasteiger partial charge in [-0.3, -0.25) is 9.89 Å². The molecule has 1 unspecified atom stereocenters. The quantitative estimate of drug-likeness (QED) is 0.672. The molecule has 0 fully saturated rings. The average Bonchev–Trinajstić information content (AvgIpc) is 3.20. The third-order valence-corrected chi connectivity index (χ3v) is 4.37. The summed E-state index contributed by atoms with van der Waals surface area (Å²) in [6, 6.07) is 13.1. The lowest BCUT2D eigenvalue weighted by molar-refractivity contribution is -0.117. The summed E-state index contributed by atoms with van der Waals surface area (Å²) in [5, 5.41) is 6.86. The van der Waals surface area contributed by atoms with Crippen molar-refractivity contribution in [3.05, 3.63) is 65.4 Å². The standard InChI is InChI=1S/C17H16N4O2S/c1-11-7-8-13(23-11)9-10-14-19-17(21-20-14)24-15(16(18)22)12-5-3-2-4-6-12/h2-10,15H,1H3,(H2,18,22)(H,19,20,21). The Labute approximate surface area is 143 Å². The number of aromatic nitrogens is 3. The highest BCUT2D eigenvalue weighted by Crippen LogP contribution is 2.32. The van der Waals surface area contributed by atoms with Crippen molar-refractivity contribution in [2.24, 2.45) is 5.73 Å². The molecule has 122 valence electrons. The fourth-order valence-electron chi connectivity index (χ4n) is 2.11. The Morgan fingerprint density at radius 3 is 2.71 bits per heavy atom. The van der Waals surface area contributed by atoms with Gasteiger partial charge in [-0.25, -0.2) is 4.98 Å². The van der Waals surface area contributed by atoms with E-state index in [1.165, 1.54) is 11.8 Å². The zero-order valence-electron chi connectivity index (χ0n) is 13.0. The molecule has 6 nitrogen and oxygen atoms in total. The minimum atomic E-state index is -0.536. The van der Waals surface area contributed by atoms with E-state index in [0.717, 1.165) is 17.1 Å². The van der Waals surface area contributed by atoms with Crippen LogP contribution in [0.1, 0.15) is 28.2 Å². The number of hydrogen-bond acceptors (Lipinski definition) is 5. The van der Waals surface area contributed by atoms with Gasteiger partial charge >= 0.3 is 0 Å². The number of nitrogens with one attached hydrogen (secondary N) is 1. The second kappa shape index (κ2) is 7.18. The van der Waals surface area contributed by atoms with Crippen molar-refractivity contribution in [1.82, 2.24) is 15.2 Å². The van der Waals surface area contributed by atoms with Gasteiger partial charge in [0.25, 0.3) is 0 Å². The molecule has 2 heterocycles. The Hall–Kier alpha value is -2.80. The SMILES string of the molecule is Cc1ccc(C=Cc2nc(SC(C(N)=O)c3ccccc3)n[nH]2)o1. The molecule has 0 saturated carbocycles. The van der Waals surface area contributed by atoms with Crippen LogP contribution in [0, 0.1) is 6.92 Å². The van der Waals surface area contributed by atoms with Crippen LogP contribution in [0.5, 0.6) is 0 Å². The van der Waals surface area contributed by atoms with E-state index in [-0.39, 0.29) is 0 Å². The first-order valence-corrected chi connectivity index (χ1v) is 8.17. The van der Waals surface area contributed by atoms with E-state index < -0.39 is 11.2 Å². The molecular weight excluding hydrogens is 324 g/mol. The molecule has 0 saturated heterocycles. The van der Waals surface area contributed by atoms with Crippen LogP contribution in [0.2, 0.25) is 0 Å². The van der Waals surface area contributed by atoms with Crippen LogP contribution in [0.15, 0.2) is 52.0 Å². The minimum Gasteiger partial charge on any atom is -0.462 e. The number of benzene rings is 1. The average molecular weight is 340 g/mol. The van der Waals surface area contributed by atoms with Crippen LogP contribution >= 0.6 is 11.8 Å². The van der Waals surface area contributed by atoms with Crippen molar-refractivity contribution in [3.8, 4) is 0 Å². The highest BCUT2D eigenvalue weighted by molar-refractivity contribution is 8.00. The van der Waals surface area contributed by atoms with Crippen molar-refractivity contribution in [2.75, 3.05) is 0 Å². The topological polar surface area (TPSA) is 97.8 Å². The number of carbonyl (C=O) groups is 1. The summed E-state index contributed by atoms with van der Waals surface area (Å²) < 4.78 is 5.45. The maximum atomic E-state index is 11.7. The van der Waals surface area contributed by atoms with Gasteiger partial charge in [0.1, 0.15) is 22.6 Å². The van der Waals surface area contributed by atoms with E-state index in [2.05, 4.69) is 15.2 Å². The van der Waals surface area contributed by atoms with E-state index in [9.17, 15) is 4.79 Å². The number of amides is 1. The number of aromatic amines is 1. The summed E-state index contributed by atoms with van der Waals surface area (Å²) in [4.78, 5) is 16.1. The molecular formula is C17H16N4O2S. The van der Waals surface area contributed by atoms with Gasteiger partial charge in [0, 0.05) is 0 Å². The number of primary amides is 1. The maximum Gasteiger partial charge on any atom is 0.235 e. The lowest BCUT2D eigenvalue weighted by Gasteiger charge is -2.10. The lowest BCUT2D eigenvalue weighted by atomic mass is 10.1. The monoisotopic (exact) mass is 340 g/mol. The lowest BCUT2D eigenvalue weighted by Crippen LogP contribution is -2.19. The molecule has 0 bridgehead atoms. The fraction of sp³-hybridized carbons (Fsp3) is 0.118. The van der Waals surface area contributed by atoms with Gasteiger partial charge in [-0.05, 0) is 36.8 Å². The molecule has 1 aromatic carbocycles. The smallest absolute Gasteiger partial charge is 0.235 e. The normalized spacial score (nSPS) is 12.5. The van der Waals surface area contributed by atoms with E-state index in [1.54, 1.807) is 12.2 Å². The Balaban J connectivity index is 1.72. The predicted octanol–water partition coefficient (Wildman–Crippen LogP) is 3.20. The number of nitrogens with zero attached hydrogens (tertiary/aromatic N) is 2. The third-order valence-electron chi connectivity index (χ3n) is 3.23. The van der Waals surface area contributed by atoms with E-state index in [4.69, 9.17) is 10.2 Å². The summed E-state index contributed by atoms with van der Waals surface area (Å²) in [5.41, 5.74) is 6.33.